The zero-order valence-corrected chi connectivity index (χ0v) is 17.0. The number of carbonyl (C=O) groups is 2. The largest absolute Gasteiger partial charge is 0.340 e. The van der Waals surface area contributed by atoms with Gasteiger partial charge in [-0.1, -0.05) is 30.3 Å². The Bertz CT molecular complexity index is 1040. The molecule has 0 fully saturated rings. The molecule has 1 aliphatic carbocycles. The maximum Gasteiger partial charge on any atom is 0.262 e. The molecule has 2 amide bonds. The number of halogens is 1. The molecule has 0 aliphatic heterocycles. The highest BCUT2D eigenvalue weighted by atomic mass is 79.9. The van der Waals surface area contributed by atoms with Crippen molar-refractivity contribution in [3.8, 4) is 11.1 Å². The molecule has 2 N–H and O–H groups in total. The van der Waals surface area contributed by atoms with Crippen molar-refractivity contribution in [2.45, 2.75) is 19.4 Å². The van der Waals surface area contributed by atoms with Gasteiger partial charge in [-0.05, 0) is 75.8 Å². The van der Waals surface area contributed by atoms with E-state index in [9.17, 15) is 9.59 Å². The number of benzene rings is 2. The van der Waals surface area contributed by atoms with Gasteiger partial charge < -0.3 is 10.6 Å². The molecule has 0 saturated heterocycles. The molecule has 3 aromatic rings. The average molecular weight is 441 g/mol. The van der Waals surface area contributed by atoms with E-state index in [2.05, 4.69) is 38.7 Å². The van der Waals surface area contributed by atoms with Crippen molar-refractivity contribution < 1.29 is 9.59 Å². The van der Waals surface area contributed by atoms with Crippen molar-refractivity contribution in [2.24, 2.45) is 0 Å². The zero-order chi connectivity index (χ0) is 19.0. The van der Waals surface area contributed by atoms with E-state index in [1.54, 1.807) is 13.0 Å². The summed E-state index contributed by atoms with van der Waals surface area (Å²) in [4.78, 5) is 25.2. The van der Waals surface area contributed by atoms with Crippen LogP contribution in [0, 0.1) is 0 Å². The second kappa shape index (κ2) is 7.29. The summed E-state index contributed by atoms with van der Waals surface area (Å²) in [5.74, 6) is -0.493. The van der Waals surface area contributed by atoms with Crippen LogP contribution in [0.15, 0.2) is 58.4 Å². The molecule has 4 nitrogen and oxygen atoms in total. The number of nitrogens with one attached hydrogen (secondary N) is 2. The standard InChI is InChI=1S/C21H17BrN2O2S/c1-12(23-21(26)18-8-9-19(22)27-18)20(25)24-15-6-7-17-14(11-15)10-13-4-2-3-5-16(13)17/h2-9,11-12H,10H2,1H3,(H,23,26)(H,24,25). The Morgan fingerprint density at radius 2 is 1.81 bits per heavy atom. The van der Waals surface area contributed by atoms with Gasteiger partial charge in [0.15, 0.2) is 0 Å². The van der Waals surface area contributed by atoms with Crippen LogP contribution in [0.2, 0.25) is 0 Å². The van der Waals surface area contributed by atoms with Crippen LogP contribution < -0.4 is 10.6 Å². The van der Waals surface area contributed by atoms with Gasteiger partial charge in [0.1, 0.15) is 6.04 Å². The Labute approximate surface area is 169 Å². The molecule has 6 heteroatoms. The predicted octanol–water partition coefficient (Wildman–Crippen LogP) is 4.84. The predicted molar refractivity (Wildman–Crippen MR) is 112 cm³/mol. The van der Waals surface area contributed by atoms with E-state index in [4.69, 9.17) is 0 Å². The first-order valence-electron chi connectivity index (χ1n) is 8.59. The molecular weight excluding hydrogens is 424 g/mol. The summed E-state index contributed by atoms with van der Waals surface area (Å²) in [6.45, 7) is 1.68. The van der Waals surface area contributed by atoms with Gasteiger partial charge in [0.25, 0.3) is 5.91 Å². The highest BCUT2D eigenvalue weighted by molar-refractivity contribution is 9.11. The van der Waals surface area contributed by atoms with Crippen molar-refractivity contribution in [3.63, 3.8) is 0 Å². The van der Waals surface area contributed by atoms with E-state index in [0.29, 0.717) is 4.88 Å². The molecule has 1 aromatic heterocycles. The fourth-order valence-electron chi connectivity index (χ4n) is 3.24. The summed E-state index contributed by atoms with van der Waals surface area (Å²) in [6.07, 6.45) is 0.870. The average Bonchev–Trinajstić information content (AvgIpc) is 3.24. The molecule has 0 spiro atoms. The molecule has 1 unspecified atom stereocenters. The number of rotatable bonds is 4. The number of hydrogen-bond acceptors (Lipinski definition) is 3. The maximum atomic E-state index is 12.5. The van der Waals surface area contributed by atoms with Gasteiger partial charge in [-0.25, -0.2) is 0 Å². The third kappa shape index (κ3) is 3.68. The lowest BCUT2D eigenvalue weighted by molar-refractivity contribution is -0.117. The molecule has 4 rings (SSSR count). The maximum absolute atomic E-state index is 12.5. The second-order valence-corrected chi connectivity index (χ2v) is 8.96. The Morgan fingerprint density at radius 3 is 2.59 bits per heavy atom. The van der Waals surface area contributed by atoms with Crippen molar-refractivity contribution in [1.82, 2.24) is 5.32 Å². The lowest BCUT2D eigenvalue weighted by Gasteiger charge is -2.14. The summed E-state index contributed by atoms with van der Waals surface area (Å²) in [5.41, 5.74) is 5.72. The van der Waals surface area contributed by atoms with E-state index in [1.807, 2.05) is 36.4 Å². The monoisotopic (exact) mass is 440 g/mol. The minimum absolute atomic E-state index is 0.241. The topological polar surface area (TPSA) is 58.2 Å². The highest BCUT2D eigenvalue weighted by Crippen LogP contribution is 2.37. The smallest absolute Gasteiger partial charge is 0.262 e. The minimum atomic E-state index is -0.635. The number of fused-ring (bicyclic) bond motifs is 3. The number of anilines is 1. The second-order valence-electron chi connectivity index (χ2n) is 6.49. The minimum Gasteiger partial charge on any atom is -0.340 e. The summed E-state index contributed by atoms with van der Waals surface area (Å²) >= 11 is 4.67. The van der Waals surface area contributed by atoms with Crippen LogP contribution >= 0.6 is 27.3 Å². The molecule has 0 bridgehead atoms. The number of amides is 2. The number of carbonyl (C=O) groups excluding carboxylic acids is 2. The van der Waals surface area contributed by atoms with Crippen LogP contribution in [0.3, 0.4) is 0 Å². The normalized spacial score (nSPS) is 12.8. The third-order valence-electron chi connectivity index (χ3n) is 4.60. The van der Waals surface area contributed by atoms with E-state index in [-0.39, 0.29) is 11.8 Å². The Morgan fingerprint density at radius 1 is 1.04 bits per heavy atom. The van der Waals surface area contributed by atoms with E-state index in [1.165, 1.54) is 33.6 Å². The van der Waals surface area contributed by atoms with Gasteiger partial charge >= 0.3 is 0 Å². The molecule has 1 atom stereocenters. The first kappa shape index (κ1) is 17.9. The molecule has 1 heterocycles. The van der Waals surface area contributed by atoms with Gasteiger partial charge in [0.05, 0.1) is 8.66 Å². The highest BCUT2D eigenvalue weighted by Gasteiger charge is 2.20. The van der Waals surface area contributed by atoms with Crippen LogP contribution in [0.25, 0.3) is 11.1 Å². The Balaban J connectivity index is 1.43. The van der Waals surface area contributed by atoms with Crippen LogP contribution in [0.4, 0.5) is 5.69 Å². The van der Waals surface area contributed by atoms with Crippen molar-refractivity contribution >= 4 is 44.8 Å². The van der Waals surface area contributed by atoms with E-state index >= 15 is 0 Å². The fourth-order valence-corrected chi connectivity index (χ4v) is 4.53. The summed E-state index contributed by atoms with van der Waals surface area (Å²) in [6, 6.07) is 17.2. The summed E-state index contributed by atoms with van der Waals surface area (Å²) < 4.78 is 0.879. The van der Waals surface area contributed by atoms with Gasteiger partial charge in [-0.3, -0.25) is 9.59 Å². The SMILES string of the molecule is CC(NC(=O)c1ccc(Br)s1)C(=O)Nc1ccc2c(c1)Cc1ccccc1-2. The van der Waals surface area contributed by atoms with Crippen LogP contribution in [-0.4, -0.2) is 17.9 Å². The number of hydrogen-bond donors (Lipinski definition) is 2. The lowest BCUT2D eigenvalue weighted by atomic mass is 10.1. The van der Waals surface area contributed by atoms with E-state index < -0.39 is 6.04 Å². The molecule has 2 aromatic carbocycles. The molecule has 0 radical (unpaired) electrons. The Hall–Kier alpha value is -2.44. The lowest BCUT2D eigenvalue weighted by Crippen LogP contribution is -2.41. The quantitative estimate of drug-likeness (QED) is 0.476. The first-order valence-corrected chi connectivity index (χ1v) is 10.2. The van der Waals surface area contributed by atoms with Crippen molar-refractivity contribution in [1.29, 1.82) is 0 Å². The van der Waals surface area contributed by atoms with E-state index in [0.717, 1.165) is 15.9 Å². The van der Waals surface area contributed by atoms with Crippen LogP contribution in [-0.2, 0) is 11.2 Å². The third-order valence-corrected chi connectivity index (χ3v) is 6.22. The summed E-state index contributed by atoms with van der Waals surface area (Å²) in [5, 5.41) is 5.64. The van der Waals surface area contributed by atoms with Gasteiger partial charge in [-0.2, -0.15) is 0 Å². The molecule has 27 heavy (non-hydrogen) atoms. The van der Waals surface area contributed by atoms with Crippen molar-refractivity contribution in [2.75, 3.05) is 5.32 Å². The van der Waals surface area contributed by atoms with Gasteiger partial charge in [0, 0.05) is 5.69 Å². The van der Waals surface area contributed by atoms with Gasteiger partial charge in [0.2, 0.25) is 5.91 Å². The van der Waals surface area contributed by atoms with Crippen LogP contribution in [0.1, 0.15) is 27.7 Å². The molecular formula is C21H17BrN2O2S. The molecule has 0 saturated carbocycles. The summed E-state index contributed by atoms with van der Waals surface area (Å²) in [7, 11) is 0. The Kier molecular flexibility index (Phi) is 4.85. The van der Waals surface area contributed by atoms with Crippen LogP contribution in [0.5, 0.6) is 0 Å². The first-order chi connectivity index (χ1) is 13.0. The number of thiophene rings is 1. The van der Waals surface area contributed by atoms with Crippen molar-refractivity contribution in [3.05, 3.63) is 74.4 Å². The van der Waals surface area contributed by atoms with Gasteiger partial charge in [-0.15, -0.1) is 11.3 Å². The zero-order valence-electron chi connectivity index (χ0n) is 14.6. The molecule has 136 valence electrons. The fraction of sp³-hybridized carbons (Fsp3) is 0.143. The molecule has 1 aliphatic rings.